The molecule has 1 saturated heterocycles. The predicted molar refractivity (Wildman–Crippen MR) is 64.5 cm³/mol. The molecule has 94 valence electrons. The quantitative estimate of drug-likeness (QED) is 0.720. The Hall–Kier alpha value is -0.120. The minimum atomic E-state index is -0.132. The smallest absolute Gasteiger partial charge is 0.0693 e. The zero-order valence-corrected chi connectivity index (χ0v) is 10.2. The summed E-state index contributed by atoms with van der Waals surface area (Å²) in [6.07, 6.45) is 9.70. The molecule has 0 bridgehead atoms. The number of nitrogens with one attached hydrogen (secondary N) is 1. The van der Waals surface area contributed by atoms with E-state index in [4.69, 9.17) is 4.74 Å². The fraction of sp³-hybridized carbons (Fsp3) is 1.00. The Morgan fingerprint density at radius 2 is 1.94 bits per heavy atom. The summed E-state index contributed by atoms with van der Waals surface area (Å²) in [7, 11) is 0. The van der Waals surface area contributed by atoms with Gasteiger partial charge in [-0.2, -0.15) is 0 Å². The molecule has 0 aromatic carbocycles. The monoisotopic (exact) mass is 227 g/mol. The van der Waals surface area contributed by atoms with Crippen LogP contribution in [0, 0.1) is 0 Å². The Morgan fingerprint density at radius 3 is 2.75 bits per heavy atom. The van der Waals surface area contributed by atoms with Crippen molar-refractivity contribution in [2.45, 2.75) is 69.6 Å². The van der Waals surface area contributed by atoms with Gasteiger partial charge in [-0.1, -0.05) is 19.3 Å². The topological polar surface area (TPSA) is 41.5 Å². The van der Waals surface area contributed by atoms with E-state index in [1.165, 1.54) is 32.1 Å². The lowest BCUT2D eigenvalue weighted by Gasteiger charge is -2.22. The summed E-state index contributed by atoms with van der Waals surface area (Å²) in [6.45, 7) is 1.93. The minimum Gasteiger partial charge on any atom is -0.392 e. The third-order valence-electron chi connectivity index (χ3n) is 3.88. The van der Waals surface area contributed by atoms with Crippen LogP contribution in [0.1, 0.15) is 51.4 Å². The van der Waals surface area contributed by atoms with Crippen LogP contribution in [0.3, 0.4) is 0 Å². The number of aliphatic hydroxyl groups excluding tert-OH is 1. The molecule has 0 aromatic heterocycles. The van der Waals surface area contributed by atoms with Gasteiger partial charge in [0.25, 0.3) is 0 Å². The van der Waals surface area contributed by atoms with E-state index >= 15 is 0 Å². The number of hydrogen-bond acceptors (Lipinski definition) is 3. The largest absolute Gasteiger partial charge is 0.392 e. The first-order chi connectivity index (χ1) is 7.86. The molecule has 1 aliphatic carbocycles. The van der Waals surface area contributed by atoms with Crippen molar-refractivity contribution in [1.29, 1.82) is 0 Å². The second-order valence-electron chi connectivity index (χ2n) is 5.19. The normalized spacial score (nSPS) is 36.2. The van der Waals surface area contributed by atoms with Gasteiger partial charge in [0.2, 0.25) is 0 Å². The van der Waals surface area contributed by atoms with Crippen molar-refractivity contribution in [1.82, 2.24) is 5.32 Å². The molecular weight excluding hydrogens is 202 g/mol. The molecule has 0 spiro atoms. The van der Waals surface area contributed by atoms with Crippen molar-refractivity contribution in [2.24, 2.45) is 0 Å². The van der Waals surface area contributed by atoms with E-state index in [2.05, 4.69) is 5.32 Å². The van der Waals surface area contributed by atoms with Crippen LogP contribution >= 0.6 is 0 Å². The average Bonchev–Trinajstić information content (AvgIpc) is 2.71. The van der Waals surface area contributed by atoms with Crippen molar-refractivity contribution in [2.75, 3.05) is 13.2 Å². The van der Waals surface area contributed by atoms with Gasteiger partial charge in [-0.3, -0.25) is 0 Å². The van der Waals surface area contributed by atoms with Gasteiger partial charge >= 0.3 is 0 Å². The van der Waals surface area contributed by atoms with Crippen LogP contribution < -0.4 is 5.32 Å². The average molecular weight is 227 g/mol. The van der Waals surface area contributed by atoms with E-state index in [0.29, 0.717) is 12.1 Å². The molecular formula is C13H25NO2. The van der Waals surface area contributed by atoms with Gasteiger partial charge in [-0.25, -0.2) is 0 Å². The van der Waals surface area contributed by atoms with Crippen LogP contribution in [-0.2, 0) is 4.74 Å². The molecule has 2 fully saturated rings. The standard InChI is InChI=1S/C13H25NO2/c15-13-7-3-1-2-6-12(13)14-9-8-11-5-4-10-16-11/h11-15H,1-10H2. The lowest BCUT2D eigenvalue weighted by Crippen LogP contribution is -2.40. The summed E-state index contributed by atoms with van der Waals surface area (Å²) in [5, 5.41) is 13.5. The van der Waals surface area contributed by atoms with Crippen LogP contribution in [0.2, 0.25) is 0 Å². The fourth-order valence-corrected chi connectivity index (χ4v) is 2.83. The maximum Gasteiger partial charge on any atom is 0.0693 e. The SMILES string of the molecule is OC1CCCCCC1NCCC1CCCO1. The number of hydrogen-bond donors (Lipinski definition) is 2. The van der Waals surface area contributed by atoms with Gasteiger partial charge in [-0.05, 0) is 38.6 Å². The molecule has 0 radical (unpaired) electrons. The van der Waals surface area contributed by atoms with E-state index in [9.17, 15) is 5.11 Å². The van der Waals surface area contributed by atoms with Crippen molar-refractivity contribution < 1.29 is 9.84 Å². The third kappa shape index (κ3) is 3.72. The lowest BCUT2D eigenvalue weighted by molar-refractivity contribution is 0.0940. The van der Waals surface area contributed by atoms with Gasteiger partial charge in [0, 0.05) is 12.6 Å². The molecule has 2 N–H and O–H groups in total. The summed E-state index contributed by atoms with van der Waals surface area (Å²) >= 11 is 0. The second kappa shape index (κ2) is 6.58. The molecule has 1 saturated carbocycles. The highest BCUT2D eigenvalue weighted by Gasteiger charge is 2.21. The lowest BCUT2D eigenvalue weighted by atomic mass is 10.1. The Balaban J connectivity index is 1.63. The highest BCUT2D eigenvalue weighted by Crippen LogP contribution is 2.19. The Kier molecular flexibility index (Phi) is 5.07. The van der Waals surface area contributed by atoms with Crippen molar-refractivity contribution in [3.8, 4) is 0 Å². The first-order valence-electron chi connectivity index (χ1n) is 6.89. The number of rotatable bonds is 4. The summed E-state index contributed by atoms with van der Waals surface area (Å²) < 4.78 is 5.59. The van der Waals surface area contributed by atoms with Crippen LogP contribution in [-0.4, -0.2) is 36.5 Å². The fourth-order valence-electron chi connectivity index (χ4n) is 2.83. The molecule has 2 aliphatic rings. The Morgan fingerprint density at radius 1 is 1.06 bits per heavy atom. The Labute approximate surface area is 98.6 Å². The van der Waals surface area contributed by atoms with E-state index in [1.807, 2.05) is 0 Å². The maximum absolute atomic E-state index is 9.95. The third-order valence-corrected chi connectivity index (χ3v) is 3.88. The van der Waals surface area contributed by atoms with Gasteiger partial charge in [0.05, 0.1) is 12.2 Å². The highest BCUT2D eigenvalue weighted by molar-refractivity contribution is 4.79. The van der Waals surface area contributed by atoms with E-state index < -0.39 is 0 Å². The molecule has 0 aromatic rings. The van der Waals surface area contributed by atoms with Gasteiger partial charge in [-0.15, -0.1) is 0 Å². The van der Waals surface area contributed by atoms with Gasteiger partial charge in [0.1, 0.15) is 0 Å². The van der Waals surface area contributed by atoms with E-state index in [0.717, 1.165) is 32.4 Å². The summed E-state index contributed by atoms with van der Waals surface area (Å²) in [6, 6.07) is 0.323. The van der Waals surface area contributed by atoms with Crippen LogP contribution in [0.4, 0.5) is 0 Å². The molecule has 3 heteroatoms. The zero-order valence-electron chi connectivity index (χ0n) is 10.2. The van der Waals surface area contributed by atoms with Crippen LogP contribution in [0.5, 0.6) is 0 Å². The molecule has 2 rings (SSSR count). The first kappa shape index (κ1) is 12.3. The molecule has 0 amide bonds. The van der Waals surface area contributed by atoms with Gasteiger partial charge < -0.3 is 15.2 Å². The molecule has 3 atom stereocenters. The van der Waals surface area contributed by atoms with Crippen LogP contribution in [0.25, 0.3) is 0 Å². The Bertz CT molecular complexity index is 192. The molecule has 3 unspecified atom stereocenters. The molecule has 1 heterocycles. The predicted octanol–water partition coefficient (Wildman–Crippen LogP) is 1.84. The first-order valence-corrected chi connectivity index (χ1v) is 6.89. The summed E-state index contributed by atoms with van der Waals surface area (Å²) in [5.74, 6) is 0. The van der Waals surface area contributed by atoms with E-state index in [1.54, 1.807) is 0 Å². The second-order valence-corrected chi connectivity index (χ2v) is 5.19. The summed E-state index contributed by atoms with van der Waals surface area (Å²) in [5.41, 5.74) is 0. The van der Waals surface area contributed by atoms with Crippen molar-refractivity contribution >= 4 is 0 Å². The summed E-state index contributed by atoms with van der Waals surface area (Å²) in [4.78, 5) is 0. The molecule has 16 heavy (non-hydrogen) atoms. The number of ether oxygens (including phenoxy) is 1. The number of aliphatic hydroxyl groups is 1. The molecule has 3 nitrogen and oxygen atoms in total. The molecule has 1 aliphatic heterocycles. The maximum atomic E-state index is 9.95. The highest BCUT2D eigenvalue weighted by atomic mass is 16.5. The van der Waals surface area contributed by atoms with Crippen molar-refractivity contribution in [3.05, 3.63) is 0 Å². The minimum absolute atomic E-state index is 0.132. The van der Waals surface area contributed by atoms with Gasteiger partial charge in [0.15, 0.2) is 0 Å². The van der Waals surface area contributed by atoms with Crippen LogP contribution in [0.15, 0.2) is 0 Å². The van der Waals surface area contributed by atoms with Crippen molar-refractivity contribution in [3.63, 3.8) is 0 Å². The van der Waals surface area contributed by atoms with E-state index in [-0.39, 0.29) is 6.10 Å². The zero-order chi connectivity index (χ0) is 11.2.